The van der Waals surface area contributed by atoms with Crippen molar-refractivity contribution in [1.82, 2.24) is 15.3 Å². The second-order valence-corrected chi connectivity index (χ2v) is 7.32. The molecule has 156 valence electrons. The fourth-order valence-electron chi connectivity index (χ4n) is 3.19. The zero-order valence-electron chi connectivity index (χ0n) is 17.9. The average Bonchev–Trinajstić information content (AvgIpc) is 2.74. The summed E-state index contributed by atoms with van der Waals surface area (Å²) in [7, 11) is 0. The molecule has 1 unspecified atom stereocenters. The first-order valence-electron chi connectivity index (χ1n) is 10.8. The van der Waals surface area contributed by atoms with Gasteiger partial charge in [-0.05, 0) is 31.4 Å². The lowest BCUT2D eigenvalue weighted by atomic mass is 10.0. The zero-order chi connectivity index (χ0) is 21.1. The van der Waals surface area contributed by atoms with E-state index < -0.39 is 5.92 Å². The Hall–Kier alpha value is -2.68. The van der Waals surface area contributed by atoms with Crippen LogP contribution >= 0.6 is 0 Å². The lowest BCUT2D eigenvalue weighted by molar-refractivity contribution is -0.121. The molecular formula is C23H33N5O. The molecule has 0 aliphatic rings. The summed E-state index contributed by atoms with van der Waals surface area (Å²) >= 11 is 0. The summed E-state index contributed by atoms with van der Waals surface area (Å²) in [6.07, 6.45) is 6.06. The predicted octanol–water partition coefficient (Wildman–Crippen LogP) is 4.56. The third kappa shape index (κ3) is 6.15. The maximum Gasteiger partial charge on any atom is 0.243 e. The maximum atomic E-state index is 12.8. The second-order valence-electron chi connectivity index (χ2n) is 7.32. The molecule has 0 spiro atoms. The van der Waals surface area contributed by atoms with Crippen LogP contribution < -0.4 is 10.2 Å². The Kier molecular flexibility index (Phi) is 9.36. The topological polar surface area (TPSA) is 81.9 Å². The fraction of sp³-hybridized carbons (Fsp3) is 0.565. The Morgan fingerprint density at radius 2 is 1.62 bits per heavy atom. The molecule has 6 nitrogen and oxygen atoms in total. The Labute approximate surface area is 174 Å². The number of rotatable bonds is 12. The highest BCUT2D eigenvalue weighted by molar-refractivity contribution is 5.88. The van der Waals surface area contributed by atoms with Crippen molar-refractivity contribution in [2.45, 2.75) is 65.2 Å². The quantitative estimate of drug-likeness (QED) is 0.533. The summed E-state index contributed by atoms with van der Waals surface area (Å²) < 4.78 is 0. The number of aromatic nitrogens is 2. The molecule has 1 aromatic heterocycles. The molecule has 0 fully saturated rings. The van der Waals surface area contributed by atoms with E-state index in [1.54, 1.807) is 0 Å². The van der Waals surface area contributed by atoms with Crippen LogP contribution in [0.15, 0.2) is 24.3 Å². The molecule has 29 heavy (non-hydrogen) atoms. The van der Waals surface area contributed by atoms with Crippen molar-refractivity contribution in [2.75, 3.05) is 24.5 Å². The third-order valence-electron chi connectivity index (χ3n) is 4.94. The van der Waals surface area contributed by atoms with Gasteiger partial charge in [0.15, 0.2) is 11.7 Å². The lowest BCUT2D eigenvalue weighted by Gasteiger charge is -2.26. The molecule has 0 aliphatic carbocycles. The zero-order valence-corrected chi connectivity index (χ0v) is 17.9. The van der Waals surface area contributed by atoms with Crippen molar-refractivity contribution < 1.29 is 4.79 Å². The van der Waals surface area contributed by atoms with E-state index in [1.165, 1.54) is 0 Å². The fourth-order valence-corrected chi connectivity index (χ4v) is 3.19. The molecule has 1 aromatic carbocycles. The van der Waals surface area contributed by atoms with Crippen LogP contribution in [0.3, 0.4) is 0 Å². The van der Waals surface area contributed by atoms with Crippen LogP contribution in [0.1, 0.15) is 70.9 Å². The number of hydrogen-bond acceptors (Lipinski definition) is 5. The average molecular weight is 396 g/mol. The molecule has 6 heteroatoms. The van der Waals surface area contributed by atoms with Gasteiger partial charge >= 0.3 is 0 Å². The molecule has 0 saturated carbocycles. The Morgan fingerprint density at radius 1 is 1.03 bits per heavy atom. The summed E-state index contributed by atoms with van der Waals surface area (Å²) in [4.78, 5) is 24.6. The molecule has 0 aliphatic heterocycles. The molecular weight excluding hydrogens is 362 g/mol. The molecule has 0 radical (unpaired) electrons. The number of nitrogens with one attached hydrogen (secondary N) is 1. The number of nitrogens with zero attached hydrogens (tertiary/aromatic N) is 4. The van der Waals surface area contributed by atoms with Gasteiger partial charge in [-0.25, -0.2) is 9.97 Å². The van der Waals surface area contributed by atoms with E-state index in [4.69, 9.17) is 9.97 Å². The van der Waals surface area contributed by atoms with E-state index in [0.717, 1.165) is 57.1 Å². The van der Waals surface area contributed by atoms with Crippen molar-refractivity contribution >= 4 is 22.8 Å². The van der Waals surface area contributed by atoms with Crippen LogP contribution in [0.4, 0.5) is 5.82 Å². The van der Waals surface area contributed by atoms with Gasteiger partial charge in [-0.1, -0.05) is 52.2 Å². The minimum absolute atomic E-state index is 0.294. The minimum Gasteiger partial charge on any atom is -0.355 e. The van der Waals surface area contributed by atoms with Gasteiger partial charge < -0.3 is 10.2 Å². The van der Waals surface area contributed by atoms with Gasteiger partial charge in [0.2, 0.25) is 5.91 Å². The van der Waals surface area contributed by atoms with E-state index in [2.05, 4.69) is 37.1 Å². The summed E-state index contributed by atoms with van der Waals surface area (Å²) in [5.41, 5.74) is 1.96. The smallest absolute Gasteiger partial charge is 0.243 e. The molecule has 2 aromatic rings. The number of carbonyl (C=O) groups excluding carboxylic acids is 1. The van der Waals surface area contributed by atoms with Crippen molar-refractivity contribution in [1.29, 1.82) is 5.26 Å². The summed E-state index contributed by atoms with van der Waals surface area (Å²) in [6.45, 7) is 8.63. The molecule has 1 N–H and O–H groups in total. The number of nitriles is 1. The molecule has 2 rings (SSSR count). The number of amides is 1. The summed E-state index contributed by atoms with van der Waals surface area (Å²) in [5.74, 6) is -0.592. The largest absolute Gasteiger partial charge is 0.355 e. The maximum absolute atomic E-state index is 12.8. The second kappa shape index (κ2) is 12.0. The first-order chi connectivity index (χ1) is 14.2. The summed E-state index contributed by atoms with van der Waals surface area (Å²) in [5, 5.41) is 12.7. The van der Waals surface area contributed by atoms with E-state index in [-0.39, 0.29) is 5.91 Å². The van der Waals surface area contributed by atoms with Crippen molar-refractivity contribution in [3.63, 3.8) is 0 Å². The highest BCUT2D eigenvalue weighted by Gasteiger charge is 2.28. The van der Waals surface area contributed by atoms with Gasteiger partial charge in [0.05, 0.1) is 17.1 Å². The number of benzene rings is 1. The predicted molar refractivity (Wildman–Crippen MR) is 118 cm³/mol. The molecule has 1 heterocycles. The molecule has 0 bridgehead atoms. The van der Waals surface area contributed by atoms with Crippen LogP contribution in [-0.2, 0) is 4.79 Å². The van der Waals surface area contributed by atoms with E-state index in [9.17, 15) is 10.1 Å². The molecule has 1 amide bonds. The van der Waals surface area contributed by atoms with Gasteiger partial charge in [-0.15, -0.1) is 0 Å². The van der Waals surface area contributed by atoms with Gasteiger partial charge in [0.25, 0.3) is 0 Å². The number of carbonyl (C=O) groups is 1. The minimum atomic E-state index is -0.968. The Balaban J connectivity index is 2.50. The normalized spacial score (nSPS) is 11.8. The monoisotopic (exact) mass is 395 g/mol. The van der Waals surface area contributed by atoms with Crippen molar-refractivity contribution in [2.24, 2.45) is 0 Å². The van der Waals surface area contributed by atoms with Crippen molar-refractivity contribution in [3.05, 3.63) is 30.0 Å². The van der Waals surface area contributed by atoms with Gasteiger partial charge in [-0.2, -0.15) is 5.26 Å². The van der Waals surface area contributed by atoms with Crippen LogP contribution in [-0.4, -0.2) is 35.5 Å². The van der Waals surface area contributed by atoms with E-state index in [0.29, 0.717) is 23.6 Å². The highest BCUT2D eigenvalue weighted by Crippen LogP contribution is 2.28. The van der Waals surface area contributed by atoms with Gasteiger partial charge in [0, 0.05) is 19.6 Å². The van der Waals surface area contributed by atoms with Crippen LogP contribution in [0.5, 0.6) is 0 Å². The Morgan fingerprint density at radius 3 is 2.17 bits per heavy atom. The lowest BCUT2D eigenvalue weighted by Crippen LogP contribution is -2.33. The number of hydrogen-bond donors (Lipinski definition) is 1. The first-order valence-corrected chi connectivity index (χ1v) is 10.8. The Bertz CT molecular complexity index is 822. The molecule has 1 atom stereocenters. The van der Waals surface area contributed by atoms with Crippen LogP contribution in [0.2, 0.25) is 0 Å². The summed E-state index contributed by atoms with van der Waals surface area (Å²) in [6, 6.07) is 9.81. The number of anilines is 1. The molecule has 0 saturated heterocycles. The third-order valence-corrected chi connectivity index (χ3v) is 4.94. The van der Waals surface area contributed by atoms with E-state index >= 15 is 0 Å². The van der Waals surface area contributed by atoms with Gasteiger partial charge in [0.1, 0.15) is 5.69 Å². The first kappa shape index (κ1) is 22.6. The van der Waals surface area contributed by atoms with E-state index in [1.807, 2.05) is 24.3 Å². The SMILES string of the molecule is CCCCNC(=O)C(C#N)c1nc2ccccc2nc1N(CCCC)CCCC. The van der Waals surface area contributed by atoms with Crippen LogP contribution in [0.25, 0.3) is 11.0 Å². The standard InChI is InChI=1S/C23H33N5O/c1-4-7-14-25-23(29)18(17-24)21-22(28(15-8-5-2)16-9-6-3)27-20-13-11-10-12-19(20)26-21/h10-13,18H,4-9,14-16H2,1-3H3,(H,25,29). The number of para-hydroxylation sites is 2. The number of fused-ring (bicyclic) bond motifs is 1. The highest BCUT2D eigenvalue weighted by atomic mass is 16.1. The number of unbranched alkanes of at least 4 members (excludes halogenated alkanes) is 3. The van der Waals surface area contributed by atoms with Crippen molar-refractivity contribution in [3.8, 4) is 6.07 Å². The van der Waals surface area contributed by atoms with Gasteiger partial charge in [-0.3, -0.25) is 4.79 Å². The van der Waals surface area contributed by atoms with Crippen LogP contribution in [0, 0.1) is 11.3 Å².